The van der Waals surface area contributed by atoms with Gasteiger partial charge in [-0.3, -0.25) is 9.13 Å². The summed E-state index contributed by atoms with van der Waals surface area (Å²) in [4.78, 5) is 24.1. The number of anilines is 2. The highest BCUT2D eigenvalue weighted by Crippen LogP contribution is 2.34. The summed E-state index contributed by atoms with van der Waals surface area (Å²) in [7, 11) is 0. The number of imidazole rings is 2. The van der Waals surface area contributed by atoms with Crippen LogP contribution in [0.3, 0.4) is 0 Å². The van der Waals surface area contributed by atoms with E-state index < -0.39 is 55.7 Å². The van der Waals surface area contributed by atoms with E-state index in [2.05, 4.69) is 29.9 Å². The van der Waals surface area contributed by atoms with Gasteiger partial charge < -0.3 is 51.2 Å². The normalized spacial score (nSPS) is 30.1. The van der Waals surface area contributed by atoms with Gasteiger partial charge in [0.15, 0.2) is 35.4 Å². The van der Waals surface area contributed by atoms with Crippen LogP contribution in [0.2, 0.25) is 0 Å². The lowest BCUT2D eigenvalue weighted by Gasteiger charge is -2.21. The summed E-state index contributed by atoms with van der Waals surface area (Å²) < 4.78 is 19.7. The lowest BCUT2D eigenvalue weighted by atomic mass is 10.1. The second-order valence-electron chi connectivity index (χ2n) is 9.05. The summed E-state index contributed by atoms with van der Waals surface area (Å²) in [6.45, 7) is 1.54. The third-order valence-electron chi connectivity index (χ3n) is 6.69. The van der Waals surface area contributed by atoms with Gasteiger partial charge in [-0.25, -0.2) is 29.9 Å². The second kappa shape index (κ2) is 11.5. The zero-order valence-corrected chi connectivity index (χ0v) is 21.2. The number of rotatable bonds is 6. The molecule has 0 saturated carbocycles. The molecule has 18 nitrogen and oxygen atoms in total. The highest BCUT2D eigenvalue weighted by Gasteiger charge is 2.46. The van der Waals surface area contributed by atoms with Crippen LogP contribution in [0.1, 0.15) is 19.4 Å². The zero-order valence-electron chi connectivity index (χ0n) is 21.2. The first-order valence-corrected chi connectivity index (χ1v) is 12.3. The number of ether oxygens (including phenoxy) is 3. The minimum Gasteiger partial charge on any atom is -0.394 e. The molecule has 18 heteroatoms. The Bertz CT molecular complexity index is 1450. The Labute approximate surface area is 225 Å². The second-order valence-corrected chi connectivity index (χ2v) is 9.05. The summed E-state index contributed by atoms with van der Waals surface area (Å²) >= 11 is 0. The Balaban J connectivity index is 0.000000162. The van der Waals surface area contributed by atoms with Crippen LogP contribution in [0.5, 0.6) is 0 Å². The van der Waals surface area contributed by atoms with Crippen LogP contribution in [-0.2, 0) is 14.2 Å². The molecule has 0 spiro atoms. The van der Waals surface area contributed by atoms with E-state index in [0.29, 0.717) is 28.9 Å². The van der Waals surface area contributed by atoms with Crippen LogP contribution >= 0.6 is 0 Å². The van der Waals surface area contributed by atoms with Crippen molar-refractivity contribution >= 4 is 34.0 Å². The molecule has 0 aliphatic carbocycles. The highest BCUT2D eigenvalue weighted by atomic mass is 16.6. The third-order valence-corrected chi connectivity index (χ3v) is 6.69. The van der Waals surface area contributed by atoms with Crippen LogP contribution in [0.4, 0.5) is 11.6 Å². The molecule has 2 saturated heterocycles. The number of nitrogens with two attached hydrogens (primary N) is 2. The number of aliphatic hydroxyl groups is 5. The van der Waals surface area contributed by atoms with Crippen LogP contribution in [0.15, 0.2) is 25.3 Å². The largest absolute Gasteiger partial charge is 0.394 e. The van der Waals surface area contributed by atoms with Crippen molar-refractivity contribution in [3.8, 4) is 0 Å². The Morgan fingerprint density at radius 1 is 0.750 bits per heavy atom. The van der Waals surface area contributed by atoms with Crippen LogP contribution in [0.25, 0.3) is 22.3 Å². The topological polar surface area (TPSA) is 268 Å². The van der Waals surface area contributed by atoms with Gasteiger partial charge in [-0.15, -0.1) is 0 Å². The van der Waals surface area contributed by atoms with E-state index in [1.807, 2.05) is 6.92 Å². The van der Waals surface area contributed by atoms with Crippen molar-refractivity contribution in [3.63, 3.8) is 0 Å². The minimum absolute atomic E-state index is 0.218. The molecule has 216 valence electrons. The van der Waals surface area contributed by atoms with Crippen molar-refractivity contribution in [2.24, 2.45) is 0 Å². The molecule has 6 heterocycles. The van der Waals surface area contributed by atoms with Crippen LogP contribution < -0.4 is 11.5 Å². The maximum absolute atomic E-state index is 10.2. The molecule has 9 N–H and O–H groups in total. The molecule has 2 unspecified atom stereocenters. The summed E-state index contributed by atoms with van der Waals surface area (Å²) in [6, 6.07) is 0. The van der Waals surface area contributed by atoms with E-state index in [-0.39, 0.29) is 18.2 Å². The van der Waals surface area contributed by atoms with E-state index >= 15 is 0 Å². The Hall–Kier alpha value is -3.62. The Morgan fingerprint density at radius 3 is 1.75 bits per heavy atom. The van der Waals surface area contributed by atoms with Crippen LogP contribution in [-0.4, -0.2) is 121 Å². The molecular weight excluding hydrogens is 532 g/mol. The van der Waals surface area contributed by atoms with Gasteiger partial charge in [0.1, 0.15) is 60.3 Å². The molecule has 2 aliphatic heterocycles. The van der Waals surface area contributed by atoms with Crippen molar-refractivity contribution < 1.29 is 39.7 Å². The third kappa shape index (κ3) is 4.80. The number of hydrogen-bond donors (Lipinski definition) is 7. The molecule has 0 amide bonds. The predicted molar refractivity (Wildman–Crippen MR) is 135 cm³/mol. The zero-order chi connectivity index (χ0) is 28.6. The van der Waals surface area contributed by atoms with Crippen molar-refractivity contribution in [1.29, 1.82) is 0 Å². The van der Waals surface area contributed by atoms with Gasteiger partial charge >= 0.3 is 0 Å². The molecule has 4 aromatic rings. The van der Waals surface area contributed by atoms with E-state index in [0.717, 1.165) is 0 Å². The lowest BCUT2D eigenvalue weighted by molar-refractivity contribution is -0.0676. The number of hydrogen-bond acceptors (Lipinski definition) is 16. The summed E-state index contributed by atoms with van der Waals surface area (Å²) in [5.74, 6) is 0.486. The van der Waals surface area contributed by atoms with E-state index in [1.165, 1.54) is 29.9 Å². The standard InChI is InChI=1S/C12H17N5O4.C10H13N5O4/c1-2-20-9-8(19)6(3-18)21-12(9)17-5-16-7-10(13)14-4-15-11(7)17;11-8-5-9(13-2-12-8)15(3-14-5)10-7(18)6(17)4(1-16)19-10/h4-6,8-9,12,18-19H,2-3H2,1H3,(H2,13,14,15);2-4,6-7,10,16-18H,1H2,(H2,11,12,13)/t6-,8?,9+,12-;4-,6?,7+,10-/m11/s1. The lowest BCUT2D eigenvalue weighted by Crippen LogP contribution is -2.35. The van der Waals surface area contributed by atoms with Crippen LogP contribution in [0, 0.1) is 0 Å². The number of aliphatic hydroxyl groups excluding tert-OH is 5. The van der Waals surface area contributed by atoms with Gasteiger partial charge in [-0.05, 0) is 6.92 Å². The van der Waals surface area contributed by atoms with Gasteiger partial charge in [0.25, 0.3) is 0 Å². The fourth-order valence-corrected chi connectivity index (χ4v) is 4.69. The Kier molecular flexibility index (Phi) is 8.01. The molecule has 0 aromatic carbocycles. The number of fused-ring (bicyclic) bond motifs is 2. The summed E-state index contributed by atoms with van der Waals surface area (Å²) in [5.41, 5.74) is 13.1. The molecule has 0 radical (unpaired) electrons. The number of aromatic nitrogens is 8. The van der Waals surface area contributed by atoms with Gasteiger partial charge in [-0.1, -0.05) is 0 Å². The summed E-state index contributed by atoms with van der Waals surface area (Å²) in [5, 5.41) is 48.2. The highest BCUT2D eigenvalue weighted by molar-refractivity contribution is 5.81. The quantitative estimate of drug-likeness (QED) is 0.124. The maximum Gasteiger partial charge on any atom is 0.167 e. The number of nitrogens with zero attached hydrogens (tertiary/aromatic N) is 8. The fraction of sp³-hybridized carbons (Fsp3) is 0.545. The first kappa shape index (κ1) is 27.9. The van der Waals surface area contributed by atoms with Gasteiger partial charge in [0, 0.05) is 6.61 Å². The minimum atomic E-state index is -1.19. The SMILES string of the molecule is CCO[C@H]1C(O)[C@@H](CO)O[C@H]1n1cnc2c(N)ncnc21.Nc1ncnc2c1ncn2[C@@H]1O[C@H](CO)C(O)[C@@H]1O. The van der Waals surface area contributed by atoms with Crippen molar-refractivity contribution in [2.75, 3.05) is 31.3 Å². The van der Waals surface area contributed by atoms with Crippen molar-refractivity contribution in [2.45, 2.75) is 56.0 Å². The van der Waals surface area contributed by atoms with Crippen molar-refractivity contribution in [3.05, 3.63) is 25.3 Å². The monoisotopic (exact) mass is 562 g/mol. The Morgan fingerprint density at radius 2 is 1.25 bits per heavy atom. The smallest absolute Gasteiger partial charge is 0.167 e. The number of nitrogen functional groups attached to an aromatic ring is 2. The first-order chi connectivity index (χ1) is 19.3. The molecule has 0 bridgehead atoms. The molecule has 6 rings (SSSR count). The summed E-state index contributed by atoms with van der Waals surface area (Å²) in [6.07, 6.45) is -1.50. The van der Waals surface area contributed by atoms with Gasteiger partial charge in [0.2, 0.25) is 0 Å². The van der Waals surface area contributed by atoms with Crippen molar-refractivity contribution in [1.82, 2.24) is 39.0 Å². The molecule has 2 fully saturated rings. The van der Waals surface area contributed by atoms with E-state index in [1.54, 1.807) is 4.57 Å². The van der Waals surface area contributed by atoms with E-state index in [9.17, 15) is 20.4 Å². The molecule has 4 aromatic heterocycles. The van der Waals surface area contributed by atoms with E-state index in [4.69, 9.17) is 30.8 Å². The average molecular weight is 563 g/mol. The molecular formula is C22H30N10O8. The van der Waals surface area contributed by atoms with Gasteiger partial charge in [-0.2, -0.15) is 0 Å². The maximum atomic E-state index is 10.2. The fourth-order valence-electron chi connectivity index (χ4n) is 4.69. The van der Waals surface area contributed by atoms with Gasteiger partial charge in [0.05, 0.1) is 25.9 Å². The molecule has 8 atom stereocenters. The molecule has 40 heavy (non-hydrogen) atoms. The predicted octanol–water partition coefficient (Wildman–Crippen LogP) is -2.92. The average Bonchev–Trinajstić information content (AvgIpc) is 3.71. The first-order valence-electron chi connectivity index (χ1n) is 12.3. The molecule has 2 aliphatic rings.